The highest BCUT2D eigenvalue weighted by Gasteiger charge is 2.34. The van der Waals surface area contributed by atoms with Crippen molar-refractivity contribution in [1.82, 2.24) is 4.98 Å². The Morgan fingerprint density at radius 3 is 2.82 bits per heavy atom. The van der Waals surface area contributed by atoms with Crippen LogP contribution in [0.4, 0.5) is 0 Å². The van der Waals surface area contributed by atoms with Crippen LogP contribution >= 0.6 is 15.9 Å². The van der Waals surface area contributed by atoms with Crippen molar-refractivity contribution < 1.29 is 4.42 Å². The van der Waals surface area contributed by atoms with E-state index in [9.17, 15) is 0 Å². The van der Waals surface area contributed by atoms with E-state index in [1.165, 1.54) is 44.9 Å². The maximum absolute atomic E-state index is 5.63. The second kappa shape index (κ2) is 5.13. The molecule has 2 saturated carbocycles. The summed E-state index contributed by atoms with van der Waals surface area (Å²) in [5.41, 5.74) is 1.12. The van der Waals surface area contributed by atoms with Crippen LogP contribution in [0.25, 0.3) is 0 Å². The van der Waals surface area contributed by atoms with E-state index in [-0.39, 0.29) is 0 Å². The number of rotatable bonds is 2. The molecule has 17 heavy (non-hydrogen) atoms. The lowest BCUT2D eigenvalue weighted by molar-refractivity contribution is 0.147. The van der Waals surface area contributed by atoms with E-state index >= 15 is 0 Å². The first-order valence-electron chi connectivity index (χ1n) is 6.86. The zero-order chi connectivity index (χ0) is 11.7. The fraction of sp³-hybridized carbons (Fsp3) is 0.786. The molecule has 2 nitrogen and oxygen atoms in total. The molecule has 3 atom stereocenters. The minimum absolute atomic E-state index is 0.629. The van der Waals surface area contributed by atoms with E-state index < -0.39 is 0 Å². The maximum Gasteiger partial charge on any atom is 0.181 e. The van der Waals surface area contributed by atoms with Crippen LogP contribution in [0.3, 0.4) is 0 Å². The van der Waals surface area contributed by atoms with Crippen LogP contribution in [-0.4, -0.2) is 4.98 Å². The molecule has 2 fully saturated rings. The Labute approximate surface area is 111 Å². The van der Waals surface area contributed by atoms with E-state index in [1.807, 2.05) is 0 Å². The second-order valence-corrected chi connectivity index (χ2v) is 6.17. The molecule has 3 rings (SSSR count). The summed E-state index contributed by atoms with van der Waals surface area (Å²) >= 11 is 3.50. The predicted octanol–water partition coefficient (Wildman–Crippen LogP) is 4.64. The molecule has 1 heterocycles. The van der Waals surface area contributed by atoms with Gasteiger partial charge in [0.05, 0.1) is 5.69 Å². The molecule has 0 bridgehead atoms. The average molecular weight is 298 g/mol. The van der Waals surface area contributed by atoms with Crippen molar-refractivity contribution in [3.8, 4) is 0 Å². The normalized spacial score (nSPS) is 33.4. The third-order valence-electron chi connectivity index (χ3n) is 4.71. The van der Waals surface area contributed by atoms with Gasteiger partial charge in [-0.3, -0.25) is 0 Å². The molecule has 3 unspecified atom stereocenters. The summed E-state index contributed by atoms with van der Waals surface area (Å²) in [6.45, 7) is 0. The number of halogens is 1. The van der Waals surface area contributed by atoms with E-state index in [0.29, 0.717) is 5.92 Å². The average Bonchev–Trinajstić information content (AvgIpc) is 2.86. The maximum atomic E-state index is 5.63. The highest BCUT2D eigenvalue weighted by Crippen LogP contribution is 2.46. The van der Waals surface area contributed by atoms with E-state index in [0.717, 1.165) is 28.6 Å². The molecule has 0 spiro atoms. The highest BCUT2D eigenvalue weighted by atomic mass is 79.9. The van der Waals surface area contributed by atoms with Crippen LogP contribution in [0.2, 0.25) is 0 Å². The predicted molar refractivity (Wildman–Crippen MR) is 71.2 cm³/mol. The lowest BCUT2D eigenvalue weighted by atomic mass is 9.67. The summed E-state index contributed by atoms with van der Waals surface area (Å²) in [7, 11) is 0. The van der Waals surface area contributed by atoms with Gasteiger partial charge in [-0.25, -0.2) is 4.98 Å². The zero-order valence-electron chi connectivity index (χ0n) is 10.2. The van der Waals surface area contributed by atoms with Crippen LogP contribution in [0, 0.1) is 11.8 Å². The molecule has 3 heteroatoms. The van der Waals surface area contributed by atoms with E-state index in [4.69, 9.17) is 4.42 Å². The van der Waals surface area contributed by atoms with Gasteiger partial charge in [-0.2, -0.15) is 0 Å². The Morgan fingerprint density at radius 2 is 2.00 bits per heavy atom. The van der Waals surface area contributed by atoms with Gasteiger partial charge >= 0.3 is 0 Å². The molecular formula is C14H20BrNO. The number of hydrogen-bond donors (Lipinski definition) is 0. The first-order valence-corrected chi connectivity index (χ1v) is 7.99. The fourth-order valence-electron chi connectivity index (χ4n) is 3.82. The number of hydrogen-bond acceptors (Lipinski definition) is 2. The van der Waals surface area contributed by atoms with Gasteiger partial charge < -0.3 is 4.42 Å². The molecule has 2 aliphatic carbocycles. The highest BCUT2D eigenvalue weighted by molar-refractivity contribution is 9.08. The van der Waals surface area contributed by atoms with E-state index in [1.54, 1.807) is 6.39 Å². The number of nitrogens with zero attached hydrogens (tertiary/aromatic N) is 1. The Balaban J connectivity index is 1.73. The monoisotopic (exact) mass is 297 g/mol. The van der Waals surface area contributed by atoms with Gasteiger partial charge in [0.1, 0.15) is 5.76 Å². The third kappa shape index (κ3) is 2.31. The molecule has 0 aliphatic heterocycles. The Kier molecular flexibility index (Phi) is 3.55. The van der Waals surface area contributed by atoms with Crippen LogP contribution < -0.4 is 0 Å². The number of fused-ring (bicyclic) bond motifs is 1. The number of alkyl halides is 1. The molecular weight excluding hydrogens is 278 g/mol. The minimum Gasteiger partial charge on any atom is -0.448 e. The fourth-order valence-corrected chi connectivity index (χ4v) is 4.24. The van der Waals surface area contributed by atoms with Gasteiger partial charge in [-0.15, -0.1) is 0 Å². The van der Waals surface area contributed by atoms with Crippen molar-refractivity contribution in [2.24, 2.45) is 11.8 Å². The van der Waals surface area contributed by atoms with Gasteiger partial charge in [0, 0.05) is 11.2 Å². The molecule has 94 valence electrons. The molecule has 0 N–H and O–H groups in total. The smallest absolute Gasteiger partial charge is 0.181 e. The summed E-state index contributed by atoms with van der Waals surface area (Å²) in [5, 5.41) is 0.823. The summed E-state index contributed by atoms with van der Waals surface area (Å²) < 4.78 is 5.63. The van der Waals surface area contributed by atoms with Gasteiger partial charge in [-0.05, 0) is 31.1 Å². The van der Waals surface area contributed by atoms with Gasteiger partial charge in [-0.1, -0.05) is 41.6 Å². The van der Waals surface area contributed by atoms with Gasteiger partial charge in [0.15, 0.2) is 6.39 Å². The van der Waals surface area contributed by atoms with Crippen molar-refractivity contribution >= 4 is 15.9 Å². The largest absolute Gasteiger partial charge is 0.448 e. The molecule has 0 radical (unpaired) electrons. The van der Waals surface area contributed by atoms with Crippen LogP contribution in [-0.2, 0) is 5.33 Å². The lowest BCUT2D eigenvalue weighted by Gasteiger charge is -2.38. The van der Waals surface area contributed by atoms with E-state index in [2.05, 4.69) is 20.9 Å². The molecule has 0 amide bonds. The number of aromatic nitrogens is 1. The summed E-state index contributed by atoms with van der Waals surface area (Å²) in [4.78, 5) is 4.30. The zero-order valence-corrected chi connectivity index (χ0v) is 11.8. The van der Waals surface area contributed by atoms with Crippen LogP contribution in [0.15, 0.2) is 10.8 Å². The minimum atomic E-state index is 0.629. The molecule has 2 aliphatic rings. The SMILES string of the molecule is BrCc1ncoc1C1CCC2CCCCC2C1. The molecule has 0 saturated heterocycles. The first kappa shape index (κ1) is 11.8. The van der Waals surface area contributed by atoms with Crippen molar-refractivity contribution in [3.05, 3.63) is 17.8 Å². The summed E-state index contributed by atoms with van der Waals surface area (Å²) in [6.07, 6.45) is 11.5. The lowest BCUT2D eigenvalue weighted by Crippen LogP contribution is -2.27. The van der Waals surface area contributed by atoms with Crippen molar-refractivity contribution in [2.45, 2.75) is 56.2 Å². The quantitative estimate of drug-likeness (QED) is 0.743. The second-order valence-electron chi connectivity index (χ2n) is 5.61. The molecule has 0 aromatic carbocycles. The summed E-state index contributed by atoms with van der Waals surface area (Å²) in [6, 6.07) is 0. The number of oxazole rings is 1. The van der Waals surface area contributed by atoms with Gasteiger partial charge in [0.2, 0.25) is 0 Å². The third-order valence-corrected chi connectivity index (χ3v) is 5.24. The van der Waals surface area contributed by atoms with Crippen molar-refractivity contribution in [3.63, 3.8) is 0 Å². The van der Waals surface area contributed by atoms with Crippen molar-refractivity contribution in [1.29, 1.82) is 0 Å². The Bertz CT molecular complexity index is 376. The van der Waals surface area contributed by atoms with Crippen LogP contribution in [0.1, 0.15) is 62.3 Å². The van der Waals surface area contributed by atoms with Gasteiger partial charge in [0.25, 0.3) is 0 Å². The Hall–Kier alpha value is -0.310. The molecule has 1 aromatic heterocycles. The topological polar surface area (TPSA) is 26.0 Å². The van der Waals surface area contributed by atoms with Crippen molar-refractivity contribution in [2.75, 3.05) is 0 Å². The standard InChI is InChI=1S/C14H20BrNO/c15-8-13-14(17-9-16-13)12-6-5-10-3-1-2-4-11(10)7-12/h9-12H,1-8H2. The first-order chi connectivity index (χ1) is 8.38. The Morgan fingerprint density at radius 1 is 1.18 bits per heavy atom. The summed E-state index contributed by atoms with van der Waals surface area (Å²) in [5.74, 6) is 3.75. The van der Waals surface area contributed by atoms with Crippen LogP contribution in [0.5, 0.6) is 0 Å². The molecule has 1 aromatic rings.